The molecule has 1 amide bonds. The Morgan fingerprint density at radius 2 is 2.29 bits per heavy atom. The molecule has 2 rings (SSSR count). The third-order valence-electron chi connectivity index (χ3n) is 2.42. The van der Waals surface area contributed by atoms with Crippen molar-refractivity contribution < 1.29 is 4.79 Å². The van der Waals surface area contributed by atoms with Gasteiger partial charge in [-0.05, 0) is 24.6 Å². The molecule has 14 heavy (non-hydrogen) atoms. The lowest BCUT2D eigenvalue weighted by molar-refractivity contribution is -0.123. The van der Waals surface area contributed by atoms with Crippen molar-refractivity contribution in [1.82, 2.24) is 0 Å². The molecule has 1 unspecified atom stereocenters. The molecular weight excluding hydrogens is 200 g/mol. The number of carbonyl (C=O) groups excluding carboxylic acids is 1. The van der Waals surface area contributed by atoms with Crippen LogP contribution < -0.4 is 10.6 Å². The van der Waals surface area contributed by atoms with Crippen molar-refractivity contribution in [2.45, 2.75) is 13.0 Å². The standard InChI is InChI=1S/C10H11ClN2O/c1-6-2-3-7(11)4-9(6)13-5-8(12)10(13)14/h2-4,8H,5,12H2,1H3. The zero-order valence-electron chi connectivity index (χ0n) is 7.83. The molecule has 1 aromatic carbocycles. The summed E-state index contributed by atoms with van der Waals surface area (Å²) in [5, 5.41) is 0.638. The van der Waals surface area contributed by atoms with Crippen molar-refractivity contribution in [1.29, 1.82) is 0 Å². The SMILES string of the molecule is Cc1ccc(Cl)cc1N1CC(N)C1=O. The molecule has 0 bridgehead atoms. The quantitative estimate of drug-likeness (QED) is 0.711. The van der Waals surface area contributed by atoms with Crippen LogP contribution >= 0.6 is 11.6 Å². The average molecular weight is 211 g/mol. The van der Waals surface area contributed by atoms with Gasteiger partial charge in [-0.2, -0.15) is 0 Å². The minimum Gasteiger partial charge on any atom is -0.318 e. The van der Waals surface area contributed by atoms with Gasteiger partial charge in [0.15, 0.2) is 0 Å². The molecule has 0 spiro atoms. The predicted octanol–water partition coefficient (Wildman–Crippen LogP) is 1.32. The zero-order chi connectivity index (χ0) is 10.3. The van der Waals surface area contributed by atoms with Crippen molar-refractivity contribution in [3.63, 3.8) is 0 Å². The van der Waals surface area contributed by atoms with Crippen LogP contribution in [0.3, 0.4) is 0 Å². The van der Waals surface area contributed by atoms with E-state index in [1.807, 2.05) is 19.1 Å². The van der Waals surface area contributed by atoms with Gasteiger partial charge in [-0.3, -0.25) is 4.79 Å². The van der Waals surface area contributed by atoms with Crippen LogP contribution in [-0.2, 0) is 4.79 Å². The Morgan fingerprint density at radius 3 is 2.86 bits per heavy atom. The van der Waals surface area contributed by atoms with Gasteiger partial charge < -0.3 is 10.6 Å². The largest absolute Gasteiger partial charge is 0.318 e. The monoisotopic (exact) mass is 210 g/mol. The topological polar surface area (TPSA) is 46.3 Å². The van der Waals surface area contributed by atoms with Crippen LogP contribution in [0.4, 0.5) is 5.69 Å². The highest BCUT2D eigenvalue weighted by atomic mass is 35.5. The molecule has 2 N–H and O–H groups in total. The first-order chi connectivity index (χ1) is 6.59. The number of amides is 1. The highest BCUT2D eigenvalue weighted by Gasteiger charge is 2.35. The van der Waals surface area contributed by atoms with Crippen molar-refractivity contribution in [2.75, 3.05) is 11.4 Å². The molecule has 0 aromatic heterocycles. The summed E-state index contributed by atoms with van der Waals surface area (Å²) >= 11 is 5.86. The lowest BCUT2D eigenvalue weighted by Crippen LogP contribution is -2.61. The van der Waals surface area contributed by atoms with Gasteiger partial charge in [0.25, 0.3) is 0 Å². The van der Waals surface area contributed by atoms with Gasteiger partial charge in [-0.1, -0.05) is 17.7 Å². The minimum atomic E-state index is -0.339. The van der Waals surface area contributed by atoms with Gasteiger partial charge in [0.1, 0.15) is 6.04 Å². The van der Waals surface area contributed by atoms with Gasteiger partial charge in [0.2, 0.25) is 5.91 Å². The van der Waals surface area contributed by atoms with Crippen LogP contribution in [0.5, 0.6) is 0 Å². The molecule has 3 nitrogen and oxygen atoms in total. The van der Waals surface area contributed by atoms with E-state index in [-0.39, 0.29) is 11.9 Å². The van der Waals surface area contributed by atoms with Crippen LogP contribution in [-0.4, -0.2) is 18.5 Å². The molecule has 1 fully saturated rings. The van der Waals surface area contributed by atoms with E-state index in [9.17, 15) is 4.79 Å². The number of rotatable bonds is 1. The number of carbonyl (C=O) groups is 1. The number of halogens is 1. The highest BCUT2D eigenvalue weighted by Crippen LogP contribution is 2.28. The number of hydrogen-bond acceptors (Lipinski definition) is 2. The first kappa shape index (κ1) is 9.49. The number of benzene rings is 1. The summed E-state index contributed by atoms with van der Waals surface area (Å²) in [5.41, 5.74) is 7.42. The fourth-order valence-corrected chi connectivity index (χ4v) is 1.71. The summed E-state index contributed by atoms with van der Waals surface area (Å²) in [7, 11) is 0. The number of aryl methyl sites for hydroxylation is 1. The van der Waals surface area contributed by atoms with E-state index >= 15 is 0 Å². The Bertz CT molecular complexity index is 392. The number of nitrogens with two attached hydrogens (primary N) is 1. The summed E-state index contributed by atoms with van der Waals surface area (Å²) in [6.07, 6.45) is 0. The van der Waals surface area contributed by atoms with E-state index in [0.717, 1.165) is 11.3 Å². The molecular formula is C10H11ClN2O. The van der Waals surface area contributed by atoms with Crippen LogP contribution in [0.25, 0.3) is 0 Å². The lowest BCUT2D eigenvalue weighted by Gasteiger charge is -2.37. The van der Waals surface area contributed by atoms with Crippen molar-refractivity contribution >= 4 is 23.2 Å². The molecule has 0 aliphatic carbocycles. The molecule has 1 aliphatic heterocycles. The Morgan fingerprint density at radius 1 is 1.57 bits per heavy atom. The van der Waals surface area contributed by atoms with Gasteiger partial charge in [0.05, 0.1) is 6.54 Å². The molecule has 4 heteroatoms. The molecule has 1 heterocycles. The normalized spacial score (nSPS) is 20.9. The first-order valence-electron chi connectivity index (χ1n) is 4.42. The molecule has 1 aliphatic rings. The number of hydrogen-bond donors (Lipinski definition) is 1. The minimum absolute atomic E-state index is 0.0321. The molecule has 1 aromatic rings. The van der Waals surface area contributed by atoms with Gasteiger partial charge in [0, 0.05) is 10.7 Å². The second-order valence-electron chi connectivity index (χ2n) is 3.49. The van der Waals surface area contributed by atoms with Crippen LogP contribution in [0.2, 0.25) is 5.02 Å². The Balaban J connectivity index is 2.33. The Kier molecular flexibility index (Phi) is 2.21. The number of anilines is 1. The van der Waals surface area contributed by atoms with Crippen molar-refractivity contribution in [2.24, 2.45) is 5.73 Å². The van der Waals surface area contributed by atoms with Crippen LogP contribution in [0.15, 0.2) is 18.2 Å². The van der Waals surface area contributed by atoms with Gasteiger partial charge in [-0.25, -0.2) is 0 Å². The van der Waals surface area contributed by atoms with Crippen molar-refractivity contribution in [3.05, 3.63) is 28.8 Å². The zero-order valence-corrected chi connectivity index (χ0v) is 8.58. The van der Waals surface area contributed by atoms with Gasteiger partial charge >= 0.3 is 0 Å². The van der Waals surface area contributed by atoms with E-state index in [4.69, 9.17) is 17.3 Å². The van der Waals surface area contributed by atoms with E-state index in [1.165, 1.54) is 0 Å². The molecule has 1 saturated heterocycles. The third kappa shape index (κ3) is 1.38. The number of β-lactam (4-membered cyclic amide) rings is 1. The highest BCUT2D eigenvalue weighted by molar-refractivity contribution is 6.31. The van der Waals surface area contributed by atoms with Crippen LogP contribution in [0, 0.1) is 6.92 Å². The Hall–Kier alpha value is -1.06. The molecule has 0 saturated carbocycles. The van der Waals surface area contributed by atoms with Crippen molar-refractivity contribution in [3.8, 4) is 0 Å². The summed E-state index contributed by atoms with van der Waals surface area (Å²) in [6, 6.07) is 5.16. The maximum atomic E-state index is 11.4. The van der Waals surface area contributed by atoms with Crippen LogP contribution in [0.1, 0.15) is 5.56 Å². The summed E-state index contributed by atoms with van der Waals surface area (Å²) in [5.74, 6) is -0.0321. The third-order valence-corrected chi connectivity index (χ3v) is 2.66. The van der Waals surface area contributed by atoms with Gasteiger partial charge in [-0.15, -0.1) is 0 Å². The summed E-state index contributed by atoms with van der Waals surface area (Å²) < 4.78 is 0. The fourth-order valence-electron chi connectivity index (χ4n) is 1.54. The van der Waals surface area contributed by atoms with E-state index in [1.54, 1.807) is 11.0 Å². The second kappa shape index (κ2) is 3.26. The van der Waals surface area contributed by atoms with E-state index in [0.29, 0.717) is 11.6 Å². The second-order valence-corrected chi connectivity index (χ2v) is 3.92. The molecule has 1 atom stereocenters. The molecule has 74 valence electrons. The average Bonchev–Trinajstić information content (AvgIpc) is 2.18. The lowest BCUT2D eigenvalue weighted by atomic mass is 10.1. The predicted molar refractivity (Wildman–Crippen MR) is 56.5 cm³/mol. The van der Waals surface area contributed by atoms with E-state index in [2.05, 4.69) is 0 Å². The maximum Gasteiger partial charge on any atom is 0.245 e. The van der Waals surface area contributed by atoms with E-state index < -0.39 is 0 Å². The summed E-state index contributed by atoms with van der Waals surface area (Å²) in [6.45, 7) is 2.53. The molecule has 0 radical (unpaired) electrons. The summed E-state index contributed by atoms with van der Waals surface area (Å²) in [4.78, 5) is 13.0. The fraction of sp³-hybridized carbons (Fsp3) is 0.300. The maximum absolute atomic E-state index is 11.4. The smallest absolute Gasteiger partial charge is 0.245 e. The number of nitrogens with zero attached hydrogens (tertiary/aromatic N) is 1. The Labute approximate surface area is 87.4 Å². The first-order valence-corrected chi connectivity index (χ1v) is 4.80.